The van der Waals surface area contributed by atoms with Gasteiger partial charge in [0.05, 0.1) is 0 Å². The van der Waals surface area contributed by atoms with Crippen LogP contribution in [-0.2, 0) is 6.54 Å². The predicted molar refractivity (Wildman–Crippen MR) is 68.2 cm³/mol. The summed E-state index contributed by atoms with van der Waals surface area (Å²) in [6.45, 7) is 8.75. The van der Waals surface area contributed by atoms with E-state index in [9.17, 15) is 0 Å². The van der Waals surface area contributed by atoms with Crippen molar-refractivity contribution >= 4 is 11.8 Å². The van der Waals surface area contributed by atoms with Gasteiger partial charge in [-0.3, -0.25) is 4.98 Å². The van der Waals surface area contributed by atoms with Gasteiger partial charge in [0.25, 0.3) is 0 Å². The Bertz CT molecular complexity index is 267. The van der Waals surface area contributed by atoms with Crippen molar-refractivity contribution in [2.24, 2.45) is 0 Å². The molecule has 0 bridgehead atoms. The highest BCUT2D eigenvalue weighted by Gasteiger charge is 2.08. The van der Waals surface area contributed by atoms with Crippen molar-refractivity contribution in [1.29, 1.82) is 0 Å². The van der Waals surface area contributed by atoms with Crippen molar-refractivity contribution in [2.45, 2.75) is 32.1 Å². The molecule has 0 aliphatic carbocycles. The highest BCUT2D eigenvalue weighted by Crippen LogP contribution is 2.21. The van der Waals surface area contributed by atoms with Gasteiger partial charge in [0.2, 0.25) is 0 Å². The molecule has 84 valence electrons. The fraction of sp³-hybridized carbons (Fsp3) is 0.583. The molecular weight excluding hydrogens is 204 g/mol. The van der Waals surface area contributed by atoms with Crippen molar-refractivity contribution in [2.75, 3.05) is 12.3 Å². The summed E-state index contributed by atoms with van der Waals surface area (Å²) in [6.07, 6.45) is 3.67. The van der Waals surface area contributed by atoms with Crippen LogP contribution in [0.3, 0.4) is 0 Å². The first-order valence-electron chi connectivity index (χ1n) is 5.31. The molecule has 2 nitrogen and oxygen atoms in total. The molecule has 0 fully saturated rings. The second-order valence-corrected chi connectivity index (χ2v) is 6.41. The van der Waals surface area contributed by atoms with Crippen molar-refractivity contribution in [3.05, 3.63) is 30.1 Å². The van der Waals surface area contributed by atoms with Gasteiger partial charge in [-0.15, -0.1) is 0 Å². The van der Waals surface area contributed by atoms with Gasteiger partial charge in [0, 0.05) is 36.0 Å². The van der Waals surface area contributed by atoms with E-state index >= 15 is 0 Å². The van der Waals surface area contributed by atoms with Crippen LogP contribution in [0.15, 0.2) is 24.5 Å². The maximum atomic E-state index is 3.99. The molecule has 0 aliphatic rings. The quantitative estimate of drug-likeness (QED) is 0.778. The lowest BCUT2D eigenvalue weighted by Gasteiger charge is -2.17. The smallest absolute Gasteiger partial charge is 0.0271 e. The number of aromatic nitrogens is 1. The Hall–Kier alpha value is -0.540. The Labute approximate surface area is 96.9 Å². The minimum absolute atomic E-state index is 0.373. The van der Waals surface area contributed by atoms with Crippen molar-refractivity contribution in [3.8, 4) is 0 Å². The van der Waals surface area contributed by atoms with E-state index in [0.717, 1.165) is 18.8 Å². The Morgan fingerprint density at radius 2 is 1.93 bits per heavy atom. The summed E-state index contributed by atoms with van der Waals surface area (Å²) in [4.78, 5) is 3.99. The minimum atomic E-state index is 0.373. The van der Waals surface area contributed by atoms with Gasteiger partial charge in [-0.05, 0) is 17.7 Å². The van der Waals surface area contributed by atoms with Gasteiger partial charge in [-0.2, -0.15) is 11.8 Å². The molecule has 0 spiro atoms. The van der Waals surface area contributed by atoms with Gasteiger partial charge in [-0.1, -0.05) is 20.8 Å². The monoisotopic (exact) mass is 224 g/mol. The van der Waals surface area contributed by atoms with E-state index in [1.807, 2.05) is 36.3 Å². The van der Waals surface area contributed by atoms with Crippen LogP contribution in [0.1, 0.15) is 26.3 Å². The van der Waals surface area contributed by atoms with Crippen LogP contribution >= 0.6 is 11.8 Å². The lowest BCUT2D eigenvalue weighted by Crippen LogP contribution is -2.19. The summed E-state index contributed by atoms with van der Waals surface area (Å²) in [5.41, 5.74) is 1.30. The largest absolute Gasteiger partial charge is 0.312 e. The molecular formula is C12H20N2S. The van der Waals surface area contributed by atoms with E-state index < -0.39 is 0 Å². The van der Waals surface area contributed by atoms with Crippen LogP contribution < -0.4 is 5.32 Å². The highest BCUT2D eigenvalue weighted by atomic mass is 32.2. The molecule has 1 N–H and O–H groups in total. The lowest BCUT2D eigenvalue weighted by molar-refractivity contribution is 0.725. The molecule has 0 aliphatic heterocycles. The second-order valence-electron chi connectivity index (χ2n) is 4.49. The molecule has 15 heavy (non-hydrogen) atoms. The molecule has 0 radical (unpaired) electrons. The average Bonchev–Trinajstić information content (AvgIpc) is 2.17. The van der Waals surface area contributed by atoms with Crippen LogP contribution in [0.25, 0.3) is 0 Å². The van der Waals surface area contributed by atoms with Crippen LogP contribution in [-0.4, -0.2) is 22.0 Å². The van der Waals surface area contributed by atoms with Gasteiger partial charge in [-0.25, -0.2) is 0 Å². The SMILES string of the molecule is CC(C)(C)SCCNCc1ccncc1. The maximum Gasteiger partial charge on any atom is 0.0271 e. The Morgan fingerprint density at radius 3 is 2.53 bits per heavy atom. The highest BCUT2D eigenvalue weighted by molar-refractivity contribution is 8.00. The first-order valence-corrected chi connectivity index (χ1v) is 6.30. The van der Waals surface area contributed by atoms with E-state index in [1.54, 1.807) is 0 Å². The molecule has 1 heterocycles. The zero-order valence-corrected chi connectivity index (χ0v) is 10.6. The predicted octanol–water partition coefficient (Wildman–Crippen LogP) is 2.70. The fourth-order valence-corrected chi connectivity index (χ4v) is 2.02. The molecule has 0 atom stereocenters. The number of rotatable bonds is 5. The first-order chi connectivity index (χ1) is 7.08. The van der Waals surface area contributed by atoms with Crippen LogP contribution in [0, 0.1) is 0 Å². The Kier molecular flexibility index (Phi) is 5.12. The van der Waals surface area contributed by atoms with E-state index in [-0.39, 0.29) is 0 Å². The number of nitrogens with one attached hydrogen (secondary N) is 1. The molecule has 1 rings (SSSR count). The Balaban J connectivity index is 2.08. The van der Waals surface area contributed by atoms with Crippen molar-refractivity contribution < 1.29 is 0 Å². The summed E-state index contributed by atoms with van der Waals surface area (Å²) >= 11 is 1.99. The molecule has 1 aromatic rings. The third kappa shape index (κ3) is 6.52. The zero-order valence-electron chi connectivity index (χ0n) is 9.79. The number of nitrogens with zero attached hydrogens (tertiary/aromatic N) is 1. The molecule has 0 unspecified atom stereocenters. The van der Waals surface area contributed by atoms with Crippen LogP contribution in [0.5, 0.6) is 0 Å². The Morgan fingerprint density at radius 1 is 1.27 bits per heavy atom. The number of hydrogen-bond donors (Lipinski definition) is 1. The third-order valence-electron chi connectivity index (χ3n) is 1.89. The first kappa shape index (κ1) is 12.5. The van der Waals surface area contributed by atoms with Gasteiger partial charge in [0.1, 0.15) is 0 Å². The summed E-state index contributed by atoms with van der Waals surface area (Å²) in [5.74, 6) is 1.16. The summed E-state index contributed by atoms with van der Waals surface area (Å²) in [7, 11) is 0. The van der Waals surface area contributed by atoms with Crippen molar-refractivity contribution in [3.63, 3.8) is 0 Å². The number of pyridine rings is 1. The topological polar surface area (TPSA) is 24.9 Å². The summed E-state index contributed by atoms with van der Waals surface area (Å²) in [5, 5.41) is 3.43. The average molecular weight is 224 g/mol. The summed E-state index contributed by atoms with van der Waals surface area (Å²) < 4.78 is 0.373. The van der Waals surface area contributed by atoms with Crippen molar-refractivity contribution in [1.82, 2.24) is 10.3 Å². The van der Waals surface area contributed by atoms with E-state index in [2.05, 4.69) is 31.1 Å². The van der Waals surface area contributed by atoms with Crippen LogP contribution in [0.2, 0.25) is 0 Å². The van der Waals surface area contributed by atoms with Gasteiger partial charge < -0.3 is 5.32 Å². The number of hydrogen-bond acceptors (Lipinski definition) is 3. The third-order valence-corrected chi connectivity index (χ3v) is 3.17. The van der Waals surface area contributed by atoms with E-state index in [1.165, 1.54) is 5.56 Å². The molecule has 0 amide bonds. The van der Waals surface area contributed by atoms with Gasteiger partial charge >= 0.3 is 0 Å². The molecule has 0 aromatic carbocycles. The molecule has 1 aromatic heterocycles. The van der Waals surface area contributed by atoms with Crippen LogP contribution in [0.4, 0.5) is 0 Å². The maximum absolute atomic E-state index is 3.99. The molecule has 0 saturated carbocycles. The normalized spacial score (nSPS) is 11.7. The van der Waals surface area contributed by atoms with E-state index in [0.29, 0.717) is 4.75 Å². The molecule has 3 heteroatoms. The fourth-order valence-electron chi connectivity index (χ4n) is 1.16. The zero-order chi connectivity index (χ0) is 11.1. The number of thioether (sulfide) groups is 1. The lowest BCUT2D eigenvalue weighted by atomic mass is 10.3. The minimum Gasteiger partial charge on any atom is -0.312 e. The van der Waals surface area contributed by atoms with Gasteiger partial charge in [0.15, 0.2) is 0 Å². The standard InChI is InChI=1S/C12H20N2S/c1-12(2,3)15-9-8-14-10-11-4-6-13-7-5-11/h4-7,14H,8-10H2,1-3H3. The second kappa shape index (κ2) is 6.13. The van der Waals surface area contributed by atoms with E-state index in [4.69, 9.17) is 0 Å². The summed E-state index contributed by atoms with van der Waals surface area (Å²) in [6, 6.07) is 4.09. The molecule has 0 saturated heterocycles.